The predicted molar refractivity (Wildman–Crippen MR) is 88.8 cm³/mol. The van der Waals surface area contributed by atoms with E-state index in [1.165, 1.54) is 24.9 Å². The van der Waals surface area contributed by atoms with E-state index >= 15 is 0 Å². The molecule has 3 heteroatoms. The average Bonchev–Trinajstić information content (AvgIpc) is 2.91. The van der Waals surface area contributed by atoms with Crippen LogP contribution in [0.4, 0.5) is 0 Å². The molecule has 1 aliphatic heterocycles. The fourth-order valence-corrected chi connectivity index (χ4v) is 3.10. The average molecular weight is 290 g/mol. The molecule has 2 rings (SSSR count). The van der Waals surface area contributed by atoms with Gasteiger partial charge in [-0.3, -0.25) is 4.90 Å². The molecule has 0 spiro atoms. The highest BCUT2D eigenvalue weighted by Gasteiger charge is 2.18. The third-order valence-corrected chi connectivity index (χ3v) is 3.88. The summed E-state index contributed by atoms with van der Waals surface area (Å²) >= 11 is 0. The molecule has 0 bridgehead atoms. The molecule has 1 saturated heterocycles. The molecule has 0 aromatic heterocycles. The summed E-state index contributed by atoms with van der Waals surface area (Å²) in [5.41, 5.74) is 1.35. The van der Waals surface area contributed by atoms with Crippen LogP contribution in [0.5, 0.6) is 5.75 Å². The van der Waals surface area contributed by atoms with Gasteiger partial charge in [-0.05, 0) is 49.9 Å². The third-order valence-electron chi connectivity index (χ3n) is 3.88. The van der Waals surface area contributed by atoms with Crippen LogP contribution >= 0.6 is 0 Å². The van der Waals surface area contributed by atoms with Crippen molar-refractivity contribution in [2.75, 3.05) is 26.2 Å². The van der Waals surface area contributed by atoms with Gasteiger partial charge < -0.3 is 10.1 Å². The van der Waals surface area contributed by atoms with E-state index in [9.17, 15) is 0 Å². The van der Waals surface area contributed by atoms with Crippen LogP contribution in [-0.2, 0) is 6.54 Å². The van der Waals surface area contributed by atoms with Crippen molar-refractivity contribution < 1.29 is 4.74 Å². The minimum absolute atomic E-state index is 0.666. The lowest BCUT2D eigenvalue weighted by molar-refractivity contribution is 0.216. The van der Waals surface area contributed by atoms with E-state index in [1.807, 2.05) is 13.0 Å². The van der Waals surface area contributed by atoms with Crippen molar-refractivity contribution in [3.8, 4) is 5.75 Å². The number of nitrogens with zero attached hydrogens (tertiary/aromatic N) is 1. The van der Waals surface area contributed by atoms with Gasteiger partial charge in [0.05, 0.1) is 6.61 Å². The van der Waals surface area contributed by atoms with Crippen molar-refractivity contribution in [3.63, 3.8) is 0 Å². The summed E-state index contributed by atoms with van der Waals surface area (Å²) in [6.45, 7) is 11.8. The van der Waals surface area contributed by atoms with Crippen LogP contribution in [0.1, 0.15) is 39.2 Å². The Morgan fingerprint density at radius 3 is 2.90 bits per heavy atom. The number of ether oxygens (including phenoxy) is 1. The summed E-state index contributed by atoms with van der Waals surface area (Å²) in [5.74, 6) is 1.68. The summed E-state index contributed by atoms with van der Waals surface area (Å²) in [4.78, 5) is 2.58. The molecule has 21 heavy (non-hydrogen) atoms. The molecule has 1 heterocycles. The smallest absolute Gasteiger partial charge is 0.119 e. The first-order chi connectivity index (χ1) is 10.2. The van der Waals surface area contributed by atoms with Gasteiger partial charge in [0.1, 0.15) is 5.75 Å². The standard InChI is InChI=1S/C18H30N2O/c1-4-21-18-9-5-7-16(11-18)13-20(12-15(2)3)14-17-8-6-10-19-17/h5,7,9,11,15,17,19H,4,6,8,10,12-14H2,1-3H3. The van der Waals surface area contributed by atoms with Crippen LogP contribution in [0.3, 0.4) is 0 Å². The van der Waals surface area contributed by atoms with Gasteiger partial charge in [-0.15, -0.1) is 0 Å². The van der Waals surface area contributed by atoms with E-state index in [0.29, 0.717) is 12.0 Å². The summed E-state index contributed by atoms with van der Waals surface area (Å²) in [6, 6.07) is 9.19. The quantitative estimate of drug-likeness (QED) is 0.795. The van der Waals surface area contributed by atoms with Gasteiger partial charge in [-0.2, -0.15) is 0 Å². The van der Waals surface area contributed by atoms with E-state index < -0.39 is 0 Å². The van der Waals surface area contributed by atoms with Crippen LogP contribution in [0.25, 0.3) is 0 Å². The Morgan fingerprint density at radius 1 is 1.38 bits per heavy atom. The minimum Gasteiger partial charge on any atom is -0.494 e. The second-order valence-corrected chi connectivity index (χ2v) is 6.46. The van der Waals surface area contributed by atoms with E-state index in [2.05, 4.69) is 42.3 Å². The number of nitrogens with one attached hydrogen (secondary N) is 1. The maximum absolute atomic E-state index is 5.61. The molecular formula is C18H30N2O. The fraction of sp³-hybridized carbons (Fsp3) is 0.667. The minimum atomic E-state index is 0.666. The van der Waals surface area contributed by atoms with Crippen molar-refractivity contribution in [1.29, 1.82) is 0 Å². The van der Waals surface area contributed by atoms with E-state index in [4.69, 9.17) is 4.74 Å². The summed E-state index contributed by atoms with van der Waals surface area (Å²) in [7, 11) is 0. The Balaban J connectivity index is 1.97. The highest BCUT2D eigenvalue weighted by atomic mass is 16.5. The Morgan fingerprint density at radius 2 is 2.24 bits per heavy atom. The SMILES string of the molecule is CCOc1cccc(CN(CC(C)C)CC2CCCN2)c1. The van der Waals surface area contributed by atoms with Gasteiger partial charge >= 0.3 is 0 Å². The lowest BCUT2D eigenvalue weighted by atomic mass is 10.1. The maximum atomic E-state index is 5.61. The Hall–Kier alpha value is -1.06. The summed E-state index contributed by atoms with van der Waals surface area (Å²) in [6.07, 6.45) is 2.63. The van der Waals surface area contributed by atoms with Gasteiger partial charge in [0.15, 0.2) is 0 Å². The maximum Gasteiger partial charge on any atom is 0.119 e. The Labute approximate surface area is 129 Å². The Bertz CT molecular complexity index is 413. The second-order valence-electron chi connectivity index (χ2n) is 6.46. The zero-order valence-corrected chi connectivity index (χ0v) is 13.8. The molecule has 0 amide bonds. The molecule has 0 saturated carbocycles. The normalized spacial score (nSPS) is 18.6. The lowest BCUT2D eigenvalue weighted by Crippen LogP contribution is -2.38. The largest absolute Gasteiger partial charge is 0.494 e. The van der Waals surface area contributed by atoms with E-state index in [0.717, 1.165) is 32.0 Å². The third kappa shape index (κ3) is 5.68. The number of benzene rings is 1. The molecule has 0 aliphatic carbocycles. The monoisotopic (exact) mass is 290 g/mol. The van der Waals surface area contributed by atoms with Crippen LogP contribution in [0, 0.1) is 5.92 Å². The first kappa shape index (κ1) is 16.3. The molecule has 3 nitrogen and oxygen atoms in total. The zero-order valence-electron chi connectivity index (χ0n) is 13.8. The number of hydrogen-bond acceptors (Lipinski definition) is 3. The van der Waals surface area contributed by atoms with Gasteiger partial charge in [-0.1, -0.05) is 26.0 Å². The van der Waals surface area contributed by atoms with Crippen LogP contribution in [0.15, 0.2) is 24.3 Å². The molecule has 118 valence electrons. The highest BCUT2D eigenvalue weighted by Crippen LogP contribution is 2.17. The first-order valence-electron chi connectivity index (χ1n) is 8.35. The van der Waals surface area contributed by atoms with Crippen LogP contribution in [0.2, 0.25) is 0 Å². The van der Waals surface area contributed by atoms with Crippen molar-refractivity contribution in [3.05, 3.63) is 29.8 Å². The molecule has 1 aliphatic rings. The van der Waals surface area contributed by atoms with Crippen molar-refractivity contribution in [2.45, 2.75) is 46.2 Å². The first-order valence-corrected chi connectivity index (χ1v) is 8.35. The summed E-state index contributed by atoms with van der Waals surface area (Å²) < 4.78 is 5.61. The molecule has 1 atom stereocenters. The molecule has 0 radical (unpaired) electrons. The van der Waals surface area contributed by atoms with E-state index in [-0.39, 0.29) is 0 Å². The Kier molecular flexibility index (Phi) is 6.52. The molecule has 1 fully saturated rings. The van der Waals surface area contributed by atoms with Gasteiger partial charge in [0.2, 0.25) is 0 Å². The van der Waals surface area contributed by atoms with E-state index in [1.54, 1.807) is 0 Å². The van der Waals surface area contributed by atoms with Crippen molar-refractivity contribution in [1.82, 2.24) is 10.2 Å². The van der Waals surface area contributed by atoms with Gasteiger partial charge in [0.25, 0.3) is 0 Å². The number of hydrogen-bond donors (Lipinski definition) is 1. The molecule has 1 N–H and O–H groups in total. The second kappa shape index (κ2) is 8.40. The number of rotatable bonds is 8. The predicted octanol–water partition coefficient (Wildman–Crippen LogP) is 3.30. The summed E-state index contributed by atoms with van der Waals surface area (Å²) in [5, 5.41) is 3.61. The van der Waals surface area contributed by atoms with Gasteiger partial charge in [-0.25, -0.2) is 0 Å². The van der Waals surface area contributed by atoms with Crippen molar-refractivity contribution >= 4 is 0 Å². The fourth-order valence-electron chi connectivity index (χ4n) is 3.10. The molecule has 1 unspecified atom stereocenters. The van der Waals surface area contributed by atoms with Gasteiger partial charge in [0, 0.05) is 25.7 Å². The van der Waals surface area contributed by atoms with Crippen LogP contribution < -0.4 is 10.1 Å². The lowest BCUT2D eigenvalue weighted by Gasteiger charge is -2.27. The topological polar surface area (TPSA) is 24.5 Å². The molecule has 1 aromatic rings. The molecular weight excluding hydrogens is 260 g/mol. The van der Waals surface area contributed by atoms with Crippen molar-refractivity contribution in [2.24, 2.45) is 5.92 Å². The van der Waals surface area contributed by atoms with Crippen LogP contribution in [-0.4, -0.2) is 37.2 Å². The highest BCUT2D eigenvalue weighted by molar-refractivity contribution is 5.28. The zero-order chi connectivity index (χ0) is 15.1. The molecule has 1 aromatic carbocycles.